The molecule has 132 valence electrons. The number of H-pyrrole nitrogens is 1. The van der Waals surface area contributed by atoms with Gasteiger partial charge in [0.25, 0.3) is 0 Å². The summed E-state index contributed by atoms with van der Waals surface area (Å²) in [6.45, 7) is 2.52. The van der Waals surface area contributed by atoms with Gasteiger partial charge in [0.15, 0.2) is 0 Å². The summed E-state index contributed by atoms with van der Waals surface area (Å²) in [6, 6.07) is 4.72. The van der Waals surface area contributed by atoms with E-state index in [-0.39, 0.29) is 29.0 Å². The number of aromatic amines is 1. The van der Waals surface area contributed by atoms with Crippen molar-refractivity contribution in [1.29, 1.82) is 5.26 Å². The second-order valence-corrected chi connectivity index (χ2v) is 6.73. The molecule has 2 aliphatic heterocycles. The molecule has 0 fully saturated rings. The minimum Gasteiger partial charge on any atom is -0.456 e. The van der Waals surface area contributed by atoms with Crippen molar-refractivity contribution in [3.05, 3.63) is 52.3 Å². The number of allylic oxidation sites excluding steroid dienone is 2. The molecule has 0 bridgehead atoms. The predicted octanol–water partition coefficient (Wildman–Crippen LogP) is 2.73. The number of aromatic nitrogens is 2. The largest absolute Gasteiger partial charge is 0.456 e. The molecule has 1 aromatic heterocycles. The average molecular weight is 356 g/mol. The first-order chi connectivity index (χ1) is 12.3. The van der Waals surface area contributed by atoms with Gasteiger partial charge >= 0.3 is 5.97 Å². The maximum Gasteiger partial charge on any atom is 0.337 e. The minimum absolute atomic E-state index is 0.00809. The zero-order valence-corrected chi connectivity index (χ0v) is 14.0. The molecule has 3 heterocycles. The Morgan fingerprint density at radius 2 is 2.19 bits per heavy atom. The summed E-state index contributed by atoms with van der Waals surface area (Å²) >= 11 is 0. The van der Waals surface area contributed by atoms with Crippen molar-refractivity contribution >= 4 is 16.9 Å². The summed E-state index contributed by atoms with van der Waals surface area (Å²) < 4.78 is 34.6. The molecule has 2 N–H and O–H groups in total. The molecule has 1 atom stereocenters. The number of carbonyl (C=O) groups excluding carboxylic acids is 1. The van der Waals surface area contributed by atoms with Crippen molar-refractivity contribution in [3.8, 4) is 6.07 Å². The first-order valence-corrected chi connectivity index (χ1v) is 7.94. The van der Waals surface area contributed by atoms with Crippen LogP contribution in [0, 0.1) is 17.1 Å². The molecule has 1 aromatic carbocycles. The lowest BCUT2D eigenvalue weighted by Gasteiger charge is -2.31. The van der Waals surface area contributed by atoms with Gasteiger partial charge in [-0.1, -0.05) is 0 Å². The van der Waals surface area contributed by atoms with E-state index >= 15 is 0 Å². The van der Waals surface area contributed by atoms with Gasteiger partial charge in [-0.3, -0.25) is 5.10 Å². The van der Waals surface area contributed by atoms with Gasteiger partial charge in [-0.15, -0.1) is 0 Å². The smallest absolute Gasteiger partial charge is 0.337 e. The van der Waals surface area contributed by atoms with E-state index in [2.05, 4.69) is 15.5 Å². The van der Waals surface area contributed by atoms with Crippen LogP contribution in [-0.2, 0) is 9.53 Å². The summed E-state index contributed by atoms with van der Waals surface area (Å²) in [6.07, 6.45) is 1.51. The number of nitrogens with one attached hydrogen (secondary N) is 2. The number of ether oxygens (including phenoxy) is 1. The minimum atomic E-state index is -1.89. The molecule has 6 nitrogen and oxygen atoms in total. The molecule has 8 heteroatoms. The van der Waals surface area contributed by atoms with Crippen LogP contribution < -0.4 is 5.32 Å². The number of fused-ring (bicyclic) bond motifs is 1. The first-order valence-electron chi connectivity index (χ1n) is 7.94. The summed E-state index contributed by atoms with van der Waals surface area (Å²) in [5.41, 5.74) is -0.848. The molecule has 2 aromatic rings. The van der Waals surface area contributed by atoms with Gasteiger partial charge in [-0.05, 0) is 26.0 Å². The second kappa shape index (κ2) is 5.39. The highest BCUT2D eigenvalue weighted by Gasteiger charge is 2.44. The van der Waals surface area contributed by atoms with E-state index in [4.69, 9.17) is 4.74 Å². The second-order valence-electron chi connectivity index (χ2n) is 6.73. The van der Waals surface area contributed by atoms with E-state index in [9.17, 15) is 18.8 Å². The summed E-state index contributed by atoms with van der Waals surface area (Å²) in [5.74, 6) is -2.31. The number of dihydropyridines is 1. The van der Waals surface area contributed by atoms with Crippen LogP contribution in [0.3, 0.4) is 0 Å². The van der Waals surface area contributed by atoms with E-state index in [0.717, 1.165) is 0 Å². The van der Waals surface area contributed by atoms with Crippen LogP contribution in [0.25, 0.3) is 10.9 Å². The molecular formula is C18H14F2N4O2. The van der Waals surface area contributed by atoms with E-state index < -0.39 is 23.4 Å². The fourth-order valence-electron chi connectivity index (χ4n) is 3.42. The summed E-state index contributed by atoms with van der Waals surface area (Å²) in [4.78, 5) is 12.2. The Balaban J connectivity index is 2.01. The molecule has 0 saturated heterocycles. The van der Waals surface area contributed by atoms with Crippen LogP contribution in [0.4, 0.5) is 8.78 Å². The van der Waals surface area contributed by atoms with Crippen molar-refractivity contribution in [2.24, 2.45) is 0 Å². The molecule has 26 heavy (non-hydrogen) atoms. The number of carbonyl (C=O) groups is 1. The highest BCUT2D eigenvalue weighted by atomic mass is 19.1. The van der Waals surface area contributed by atoms with Gasteiger partial charge < -0.3 is 10.1 Å². The van der Waals surface area contributed by atoms with Gasteiger partial charge in [0.1, 0.15) is 18.1 Å². The molecule has 4 rings (SSSR count). The van der Waals surface area contributed by atoms with Gasteiger partial charge in [-0.2, -0.15) is 10.4 Å². The quantitative estimate of drug-likeness (QED) is 0.808. The van der Waals surface area contributed by atoms with E-state index in [1.54, 1.807) is 0 Å². The van der Waals surface area contributed by atoms with Crippen LogP contribution in [0.2, 0.25) is 0 Å². The number of esters is 1. The summed E-state index contributed by atoms with van der Waals surface area (Å²) in [5, 5.41) is 19.6. The number of nitrogens with zero attached hydrogens (tertiary/aromatic N) is 2. The third-order valence-electron chi connectivity index (χ3n) is 4.60. The van der Waals surface area contributed by atoms with Crippen LogP contribution in [0.1, 0.15) is 25.3 Å². The lowest BCUT2D eigenvalue weighted by Crippen LogP contribution is -2.35. The zero-order valence-electron chi connectivity index (χ0n) is 14.0. The number of nitriles is 1. The number of hydrogen-bond donors (Lipinski definition) is 2. The fourth-order valence-corrected chi connectivity index (χ4v) is 3.42. The monoisotopic (exact) mass is 356 g/mol. The van der Waals surface area contributed by atoms with Crippen molar-refractivity contribution in [2.45, 2.75) is 25.4 Å². The lowest BCUT2D eigenvalue weighted by atomic mass is 9.78. The SMILES string of the molecule is CC(C)(F)C1=C(C#N)C(c2cc3cn[nH]c3cc2F)C2=C(COC2=O)N1. The van der Waals surface area contributed by atoms with Gasteiger partial charge in [0.2, 0.25) is 0 Å². The number of hydrogen-bond acceptors (Lipinski definition) is 5. The molecule has 1 unspecified atom stereocenters. The topological polar surface area (TPSA) is 90.8 Å². The van der Waals surface area contributed by atoms with Crippen LogP contribution >= 0.6 is 0 Å². The number of cyclic esters (lactones) is 1. The number of rotatable bonds is 2. The summed E-state index contributed by atoms with van der Waals surface area (Å²) in [7, 11) is 0. The van der Waals surface area contributed by atoms with Crippen LogP contribution in [-0.4, -0.2) is 28.4 Å². The fraction of sp³-hybridized carbons (Fsp3) is 0.278. The highest BCUT2D eigenvalue weighted by Crippen LogP contribution is 2.44. The molecule has 2 aliphatic rings. The van der Waals surface area contributed by atoms with Gasteiger partial charge in [0.05, 0.1) is 46.2 Å². The normalized spacial score (nSPS) is 20.1. The Morgan fingerprint density at radius 3 is 2.88 bits per heavy atom. The van der Waals surface area contributed by atoms with Crippen molar-refractivity contribution in [3.63, 3.8) is 0 Å². The Bertz CT molecular complexity index is 1050. The van der Waals surface area contributed by atoms with Crippen LogP contribution in [0.5, 0.6) is 0 Å². The number of halogens is 2. The zero-order chi connectivity index (χ0) is 18.6. The lowest BCUT2D eigenvalue weighted by molar-refractivity contribution is -0.136. The molecule has 0 radical (unpaired) electrons. The first kappa shape index (κ1) is 16.3. The Kier molecular flexibility index (Phi) is 3.37. The van der Waals surface area contributed by atoms with E-state index in [1.165, 1.54) is 32.2 Å². The Morgan fingerprint density at radius 1 is 1.42 bits per heavy atom. The molecular weight excluding hydrogens is 342 g/mol. The standard InChI is InChI=1S/C18H14F2N4O2/c1-18(2,20)16-10(5-21)14(15-13(23-16)7-26-17(15)25)9-3-8-6-22-24-12(8)4-11(9)19/h3-4,6,14,23H,7H2,1-2H3,(H,22,24). The molecule has 0 spiro atoms. The van der Waals surface area contributed by atoms with Gasteiger partial charge in [0, 0.05) is 10.9 Å². The van der Waals surface area contributed by atoms with E-state index in [1.807, 2.05) is 6.07 Å². The number of benzene rings is 1. The highest BCUT2D eigenvalue weighted by molar-refractivity contribution is 5.96. The van der Waals surface area contributed by atoms with Crippen molar-refractivity contribution in [2.75, 3.05) is 6.61 Å². The third kappa shape index (κ3) is 2.28. The molecule has 0 amide bonds. The Labute approximate surface area is 147 Å². The Hall–Kier alpha value is -3.21. The number of alkyl halides is 1. The maximum atomic E-state index is 14.8. The maximum absolute atomic E-state index is 14.8. The molecule has 0 saturated carbocycles. The van der Waals surface area contributed by atoms with Crippen LogP contribution in [0.15, 0.2) is 40.9 Å². The van der Waals surface area contributed by atoms with Gasteiger partial charge in [-0.25, -0.2) is 13.6 Å². The van der Waals surface area contributed by atoms with E-state index in [0.29, 0.717) is 16.6 Å². The average Bonchev–Trinajstić information content (AvgIpc) is 3.18. The van der Waals surface area contributed by atoms with Crippen molar-refractivity contribution in [1.82, 2.24) is 15.5 Å². The predicted molar refractivity (Wildman–Crippen MR) is 87.7 cm³/mol. The van der Waals surface area contributed by atoms with Crippen molar-refractivity contribution < 1.29 is 18.3 Å². The molecule has 0 aliphatic carbocycles. The third-order valence-corrected chi connectivity index (χ3v) is 4.60.